The van der Waals surface area contributed by atoms with Crippen LogP contribution in [0, 0.1) is 0 Å². The van der Waals surface area contributed by atoms with Gasteiger partial charge < -0.3 is 20.3 Å². The first kappa shape index (κ1) is 16.2. The van der Waals surface area contributed by atoms with Crippen LogP contribution in [0.2, 0.25) is 0 Å². The van der Waals surface area contributed by atoms with E-state index in [1.54, 1.807) is 7.11 Å². The molecular weight excluding hydrogens is 282 g/mol. The first-order chi connectivity index (χ1) is 10.1. The third kappa shape index (κ3) is 4.66. The Bertz CT molecular complexity index is 486. The van der Waals surface area contributed by atoms with Crippen molar-refractivity contribution in [3.8, 4) is 5.75 Å². The Balaban J connectivity index is 1.90. The summed E-state index contributed by atoms with van der Waals surface area (Å²) in [6.07, 6.45) is 2.70. The highest BCUT2D eigenvalue weighted by Gasteiger charge is 2.12. The van der Waals surface area contributed by atoms with Crippen molar-refractivity contribution in [1.29, 1.82) is 0 Å². The molecule has 1 heterocycles. The minimum atomic E-state index is 0.376. The lowest BCUT2D eigenvalue weighted by molar-refractivity contribution is 0.252. The summed E-state index contributed by atoms with van der Waals surface area (Å²) >= 11 is 5.03. The summed E-state index contributed by atoms with van der Waals surface area (Å²) in [6.45, 7) is 5.65. The zero-order chi connectivity index (χ0) is 15.2. The van der Waals surface area contributed by atoms with Crippen molar-refractivity contribution in [1.82, 2.24) is 9.80 Å². The number of methoxy groups -OCH3 is 1. The van der Waals surface area contributed by atoms with E-state index in [-0.39, 0.29) is 0 Å². The van der Waals surface area contributed by atoms with Crippen LogP contribution < -0.4 is 10.5 Å². The molecular formula is C16H25N3OS. The Morgan fingerprint density at radius 1 is 1.38 bits per heavy atom. The summed E-state index contributed by atoms with van der Waals surface area (Å²) in [5, 5.41) is 0. The van der Waals surface area contributed by atoms with E-state index in [1.165, 1.54) is 31.5 Å². The number of nitrogens with two attached hydrogens (primary N) is 1. The minimum Gasteiger partial charge on any atom is -0.496 e. The van der Waals surface area contributed by atoms with E-state index >= 15 is 0 Å². The Hall–Kier alpha value is -1.17. The minimum absolute atomic E-state index is 0.376. The molecule has 1 fully saturated rings. The highest BCUT2D eigenvalue weighted by molar-refractivity contribution is 7.80. The maximum atomic E-state index is 5.69. The number of likely N-dealkylation sites (tertiary alicyclic amines) is 1. The molecule has 2 N–H and O–H groups in total. The number of benzene rings is 1. The molecule has 1 aliphatic rings. The Morgan fingerprint density at radius 3 is 2.71 bits per heavy atom. The fraction of sp³-hybridized carbons (Fsp3) is 0.562. The van der Waals surface area contributed by atoms with Crippen molar-refractivity contribution in [2.24, 2.45) is 5.73 Å². The van der Waals surface area contributed by atoms with E-state index in [4.69, 9.17) is 22.7 Å². The number of rotatable bonds is 7. The van der Waals surface area contributed by atoms with Crippen molar-refractivity contribution in [3.05, 3.63) is 29.3 Å². The standard InChI is InChI=1S/C16H25N3OS/c1-18(9-10-19-7-3-4-8-19)12-13-5-6-14(16(17)21)15(11-13)20-2/h5-6,11H,3-4,7-10,12H2,1-2H3,(H2,17,21). The first-order valence-corrected chi connectivity index (χ1v) is 7.88. The van der Waals surface area contributed by atoms with E-state index < -0.39 is 0 Å². The van der Waals surface area contributed by atoms with E-state index in [1.807, 2.05) is 12.1 Å². The Labute approximate surface area is 132 Å². The number of nitrogens with zero attached hydrogens (tertiary/aromatic N) is 2. The lowest BCUT2D eigenvalue weighted by Gasteiger charge is -2.21. The van der Waals surface area contributed by atoms with Crippen LogP contribution in [0.3, 0.4) is 0 Å². The fourth-order valence-corrected chi connectivity index (χ4v) is 2.92. The molecule has 0 radical (unpaired) electrons. The normalized spacial score (nSPS) is 15.6. The summed E-state index contributed by atoms with van der Waals surface area (Å²) in [5.41, 5.74) is 7.71. The molecule has 0 atom stereocenters. The van der Waals surface area contributed by atoms with Gasteiger partial charge in [0, 0.05) is 19.6 Å². The van der Waals surface area contributed by atoms with Gasteiger partial charge in [-0.3, -0.25) is 0 Å². The van der Waals surface area contributed by atoms with Gasteiger partial charge in [0.2, 0.25) is 0 Å². The van der Waals surface area contributed by atoms with Crippen LogP contribution in [0.5, 0.6) is 5.75 Å². The molecule has 0 unspecified atom stereocenters. The molecule has 116 valence electrons. The third-order valence-corrected chi connectivity index (χ3v) is 4.20. The molecule has 1 aromatic rings. The quantitative estimate of drug-likeness (QED) is 0.779. The van der Waals surface area contributed by atoms with Crippen LogP contribution in [0.25, 0.3) is 0 Å². The smallest absolute Gasteiger partial charge is 0.129 e. The zero-order valence-electron chi connectivity index (χ0n) is 13.0. The van der Waals surface area contributed by atoms with Gasteiger partial charge in [0.15, 0.2) is 0 Å². The monoisotopic (exact) mass is 307 g/mol. The van der Waals surface area contributed by atoms with Crippen molar-refractivity contribution >= 4 is 17.2 Å². The summed E-state index contributed by atoms with van der Waals surface area (Å²) in [5.74, 6) is 0.757. The topological polar surface area (TPSA) is 41.7 Å². The molecule has 0 aromatic heterocycles. The molecule has 21 heavy (non-hydrogen) atoms. The number of hydrogen-bond donors (Lipinski definition) is 1. The fourth-order valence-electron chi connectivity index (χ4n) is 2.75. The molecule has 0 saturated carbocycles. The average Bonchev–Trinajstić information content (AvgIpc) is 2.98. The Morgan fingerprint density at radius 2 is 2.10 bits per heavy atom. The summed E-state index contributed by atoms with van der Waals surface area (Å²) in [7, 11) is 3.81. The van der Waals surface area contributed by atoms with Gasteiger partial charge in [-0.2, -0.15) is 0 Å². The van der Waals surface area contributed by atoms with Gasteiger partial charge in [-0.15, -0.1) is 0 Å². The van der Waals surface area contributed by atoms with Crippen molar-refractivity contribution in [2.75, 3.05) is 40.3 Å². The number of ether oxygens (including phenoxy) is 1. The van der Waals surface area contributed by atoms with E-state index in [0.717, 1.165) is 30.9 Å². The first-order valence-electron chi connectivity index (χ1n) is 7.48. The molecule has 0 spiro atoms. The maximum Gasteiger partial charge on any atom is 0.129 e. The van der Waals surface area contributed by atoms with Crippen LogP contribution in [0.15, 0.2) is 18.2 Å². The summed E-state index contributed by atoms with van der Waals surface area (Å²) in [6, 6.07) is 6.05. The number of likely N-dealkylation sites (N-methyl/N-ethyl adjacent to an activating group) is 1. The van der Waals surface area contributed by atoms with E-state index in [9.17, 15) is 0 Å². The second-order valence-electron chi connectivity index (χ2n) is 5.69. The van der Waals surface area contributed by atoms with Crippen LogP contribution in [0.1, 0.15) is 24.0 Å². The second-order valence-corrected chi connectivity index (χ2v) is 6.13. The molecule has 1 saturated heterocycles. The van der Waals surface area contributed by atoms with Crippen LogP contribution in [0.4, 0.5) is 0 Å². The molecule has 1 aromatic carbocycles. The largest absolute Gasteiger partial charge is 0.496 e. The maximum absolute atomic E-state index is 5.69. The van der Waals surface area contributed by atoms with Crippen LogP contribution in [-0.4, -0.2) is 55.1 Å². The molecule has 1 aliphatic heterocycles. The van der Waals surface area contributed by atoms with Gasteiger partial charge in [0.05, 0.1) is 12.7 Å². The average molecular weight is 307 g/mol. The predicted octanol–water partition coefficient (Wildman–Crippen LogP) is 1.86. The molecule has 5 heteroatoms. The molecule has 0 amide bonds. The zero-order valence-corrected chi connectivity index (χ0v) is 13.8. The van der Waals surface area contributed by atoms with Gasteiger partial charge >= 0.3 is 0 Å². The lowest BCUT2D eigenvalue weighted by Crippen LogP contribution is -2.31. The number of thiocarbonyl (C=S) groups is 1. The second kappa shape index (κ2) is 7.73. The number of hydrogen-bond acceptors (Lipinski definition) is 4. The van der Waals surface area contributed by atoms with Crippen LogP contribution in [-0.2, 0) is 6.54 Å². The molecule has 4 nitrogen and oxygen atoms in total. The highest BCUT2D eigenvalue weighted by Crippen LogP contribution is 2.21. The predicted molar refractivity (Wildman–Crippen MR) is 90.9 cm³/mol. The van der Waals surface area contributed by atoms with Crippen molar-refractivity contribution in [3.63, 3.8) is 0 Å². The van der Waals surface area contributed by atoms with Gasteiger partial charge in [0.1, 0.15) is 10.7 Å². The molecule has 0 aliphatic carbocycles. The van der Waals surface area contributed by atoms with Crippen LogP contribution >= 0.6 is 12.2 Å². The highest BCUT2D eigenvalue weighted by atomic mass is 32.1. The Kier molecular flexibility index (Phi) is 5.96. The SMILES string of the molecule is COc1cc(CN(C)CCN2CCCC2)ccc1C(N)=S. The third-order valence-electron chi connectivity index (χ3n) is 3.98. The molecule has 2 rings (SSSR count). The van der Waals surface area contributed by atoms with Gasteiger partial charge in [-0.25, -0.2) is 0 Å². The van der Waals surface area contributed by atoms with Crippen molar-refractivity contribution in [2.45, 2.75) is 19.4 Å². The van der Waals surface area contributed by atoms with Gasteiger partial charge in [-0.05, 0) is 50.7 Å². The summed E-state index contributed by atoms with van der Waals surface area (Å²) in [4.78, 5) is 5.25. The van der Waals surface area contributed by atoms with Gasteiger partial charge in [0.25, 0.3) is 0 Å². The summed E-state index contributed by atoms with van der Waals surface area (Å²) < 4.78 is 5.38. The van der Waals surface area contributed by atoms with Crippen molar-refractivity contribution < 1.29 is 4.74 Å². The van der Waals surface area contributed by atoms with Gasteiger partial charge in [-0.1, -0.05) is 18.3 Å². The van der Waals surface area contributed by atoms with E-state index in [0.29, 0.717) is 4.99 Å². The van der Waals surface area contributed by atoms with E-state index in [2.05, 4.69) is 22.9 Å². The lowest BCUT2D eigenvalue weighted by atomic mass is 10.1. The molecule has 0 bridgehead atoms.